The van der Waals surface area contributed by atoms with Crippen LogP contribution in [0.5, 0.6) is 5.75 Å². The Morgan fingerprint density at radius 2 is 2.12 bits per heavy atom. The molecule has 3 rings (SSSR count). The molecule has 1 aromatic carbocycles. The van der Waals surface area contributed by atoms with Crippen LogP contribution in [0.15, 0.2) is 24.3 Å². The number of hydrogen-bond donors (Lipinski definition) is 1. The molecule has 0 spiro atoms. The van der Waals surface area contributed by atoms with Gasteiger partial charge in [0.05, 0.1) is 32.0 Å². The lowest BCUT2D eigenvalue weighted by atomic mass is 9.93. The predicted octanol–water partition coefficient (Wildman–Crippen LogP) is 2.41. The maximum Gasteiger partial charge on any atom is 0.223 e. The second kappa shape index (κ2) is 8.68. The largest absolute Gasteiger partial charge is 0.494 e. The van der Waals surface area contributed by atoms with Crippen molar-refractivity contribution in [1.29, 1.82) is 0 Å². The molecule has 1 saturated carbocycles. The summed E-state index contributed by atoms with van der Waals surface area (Å²) in [7, 11) is 0. The number of aryl methyl sites for hydroxylation is 1. The standard InChI is InChI=1S/C20H29NO4/c1-2-25-16-9-6-15(7-10-16)8-11-20(23)21-12-13-24-14-18(21)17-4-3-5-19(17)22/h6-7,9-10,17-19,22H,2-5,8,11-14H2,1H3/t17-,18-,19-/m1/s1. The number of amides is 1. The summed E-state index contributed by atoms with van der Waals surface area (Å²) in [5, 5.41) is 10.2. The Bertz CT molecular complexity index is 559. The van der Waals surface area contributed by atoms with Crippen molar-refractivity contribution in [3.8, 4) is 5.75 Å². The average molecular weight is 347 g/mol. The molecule has 138 valence electrons. The van der Waals surface area contributed by atoms with Gasteiger partial charge in [0.25, 0.3) is 0 Å². The Morgan fingerprint density at radius 1 is 1.32 bits per heavy atom. The van der Waals surface area contributed by atoms with Gasteiger partial charge in [-0.05, 0) is 43.9 Å². The maximum absolute atomic E-state index is 12.8. The van der Waals surface area contributed by atoms with Crippen molar-refractivity contribution in [2.75, 3.05) is 26.4 Å². The quantitative estimate of drug-likeness (QED) is 0.858. The van der Waals surface area contributed by atoms with E-state index in [4.69, 9.17) is 9.47 Å². The van der Waals surface area contributed by atoms with Crippen LogP contribution in [0.3, 0.4) is 0 Å². The number of rotatable bonds is 6. The van der Waals surface area contributed by atoms with Crippen LogP contribution in [0, 0.1) is 5.92 Å². The first-order valence-corrected chi connectivity index (χ1v) is 9.46. The maximum atomic E-state index is 12.8. The monoisotopic (exact) mass is 347 g/mol. The minimum Gasteiger partial charge on any atom is -0.494 e. The van der Waals surface area contributed by atoms with Gasteiger partial charge in [-0.25, -0.2) is 0 Å². The van der Waals surface area contributed by atoms with Gasteiger partial charge in [-0.15, -0.1) is 0 Å². The molecule has 25 heavy (non-hydrogen) atoms. The van der Waals surface area contributed by atoms with Crippen molar-refractivity contribution in [2.24, 2.45) is 5.92 Å². The summed E-state index contributed by atoms with van der Waals surface area (Å²) in [6.45, 7) is 4.40. The highest BCUT2D eigenvalue weighted by molar-refractivity contribution is 5.77. The van der Waals surface area contributed by atoms with Crippen LogP contribution in [0.1, 0.15) is 38.2 Å². The second-order valence-electron chi connectivity index (χ2n) is 6.97. The molecule has 1 aliphatic carbocycles. The van der Waals surface area contributed by atoms with Crippen LogP contribution in [0.4, 0.5) is 0 Å². The van der Waals surface area contributed by atoms with Gasteiger partial charge >= 0.3 is 0 Å². The highest BCUT2D eigenvalue weighted by Gasteiger charge is 2.39. The third-order valence-corrected chi connectivity index (χ3v) is 5.37. The van der Waals surface area contributed by atoms with E-state index in [0.29, 0.717) is 32.8 Å². The number of morpholine rings is 1. The first kappa shape index (κ1) is 18.2. The molecule has 1 saturated heterocycles. The smallest absolute Gasteiger partial charge is 0.223 e. The number of ether oxygens (including phenoxy) is 2. The highest BCUT2D eigenvalue weighted by atomic mass is 16.5. The molecule has 2 aliphatic rings. The van der Waals surface area contributed by atoms with Crippen LogP contribution in [-0.2, 0) is 16.0 Å². The number of carbonyl (C=O) groups is 1. The first-order valence-electron chi connectivity index (χ1n) is 9.46. The van der Waals surface area contributed by atoms with Gasteiger partial charge in [0.2, 0.25) is 5.91 Å². The van der Waals surface area contributed by atoms with Crippen LogP contribution in [-0.4, -0.2) is 54.4 Å². The topological polar surface area (TPSA) is 59.0 Å². The second-order valence-corrected chi connectivity index (χ2v) is 6.97. The zero-order chi connectivity index (χ0) is 17.6. The number of aliphatic hydroxyl groups excluding tert-OH is 1. The van der Waals surface area contributed by atoms with Crippen molar-refractivity contribution < 1.29 is 19.4 Å². The van der Waals surface area contributed by atoms with Gasteiger partial charge in [-0.3, -0.25) is 4.79 Å². The molecule has 5 heteroatoms. The van der Waals surface area contributed by atoms with Gasteiger partial charge in [0.15, 0.2) is 0 Å². The zero-order valence-electron chi connectivity index (χ0n) is 15.0. The molecule has 5 nitrogen and oxygen atoms in total. The van der Waals surface area contributed by atoms with Gasteiger partial charge < -0.3 is 19.5 Å². The van der Waals surface area contributed by atoms with E-state index in [0.717, 1.165) is 37.0 Å². The lowest BCUT2D eigenvalue weighted by molar-refractivity contribution is -0.143. The minimum atomic E-state index is -0.298. The van der Waals surface area contributed by atoms with E-state index in [2.05, 4.69) is 0 Å². The third-order valence-electron chi connectivity index (χ3n) is 5.37. The summed E-state index contributed by atoms with van der Waals surface area (Å²) >= 11 is 0. The van der Waals surface area contributed by atoms with E-state index < -0.39 is 0 Å². The van der Waals surface area contributed by atoms with Gasteiger partial charge in [-0.1, -0.05) is 18.6 Å². The Morgan fingerprint density at radius 3 is 2.80 bits per heavy atom. The molecule has 1 aliphatic heterocycles. The van der Waals surface area contributed by atoms with Gasteiger partial charge in [0.1, 0.15) is 5.75 Å². The average Bonchev–Trinajstić information content (AvgIpc) is 3.07. The molecular formula is C20H29NO4. The van der Waals surface area contributed by atoms with E-state index in [-0.39, 0.29) is 24.0 Å². The van der Waals surface area contributed by atoms with Gasteiger partial charge in [0, 0.05) is 18.9 Å². The van der Waals surface area contributed by atoms with Crippen molar-refractivity contribution in [3.05, 3.63) is 29.8 Å². The van der Waals surface area contributed by atoms with Crippen molar-refractivity contribution in [2.45, 2.75) is 51.2 Å². The summed E-state index contributed by atoms with van der Waals surface area (Å²) in [6.07, 6.45) is 3.78. The lowest BCUT2D eigenvalue weighted by Crippen LogP contribution is -2.53. The SMILES string of the molecule is CCOc1ccc(CCC(=O)N2CCOC[C@@H]2[C@H]2CCC[C@H]2O)cc1. The summed E-state index contributed by atoms with van der Waals surface area (Å²) < 4.78 is 11.1. The third kappa shape index (κ3) is 4.53. The number of aliphatic hydroxyl groups is 1. The Hall–Kier alpha value is -1.59. The van der Waals surface area contributed by atoms with Gasteiger partial charge in [-0.2, -0.15) is 0 Å². The fourth-order valence-corrected chi connectivity index (χ4v) is 4.02. The predicted molar refractivity (Wildman–Crippen MR) is 95.6 cm³/mol. The lowest BCUT2D eigenvalue weighted by Gasteiger charge is -2.40. The number of hydrogen-bond acceptors (Lipinski definition) is 4. The van der Waals surface area contributed by atoms with E-state index in [9.17, 15) is 9.90 Å². The molecule has 1 N–H and O–H groups in total. The zero-order valence-corrected chi connectivity index (χ0v) is 15.0. The number of benzene rings is 1. The summed E-state index contributed by atoms with van der Waals surface area (Å²) in [5.41, 5.74) is 1.14. The fraction of sp³-hybridized carbons (Fsp3) is 0.650. The molecule has 3 atom stereocenters. The minimum absolute atomic E-state index is 0.0269. The molecule has 0 unspecified atom stereocenters. The molecule has 0 aromatic heterocycles. The molecule has 1 amide bonds. The Kier molecular flexibility index (Phi) is 6.32. The number of nitrogens with zero attached hydrogens (tertiary/aromatic N) is 1. The molecule has 1 aromatic rings. The van der Waals surface area contributed by atoms with E-state index in [1.807, 2.05) is 36.1 Å². The first-order chi connectivity index (χ1) is 12.2. The molecule has 0 radical (unpaired) electrons. The summed E-state index contributed by atoms with van der Waals surface area (Å²) in [5.74, 6) is 1.19. The van der Waals surface area contributed by atoms with E-state index in [1.54, 1.807) is 0 Å². The van der Waals surface area contributed by atoms with Crippen molar-refractivity contribution in [1.82, 2.24) is 4.90 Å². The normalized spacial score (nSPS) is 26.6. The van der Waals surface area contributed by atoms with E-state index >= 15 is 0 Å². The molecule has 2 fully saturated rings. The Labute approximate surface area is 149 Å². The van der Waals surface area contributed by atoms with Crippen LogP contribution >= 0.6 is 0 Å². The fourth-order valence-electron chi connectivity index (χ4n) is 4.02. The highest BCUT2D eigenvalue weighted by Crippen LogP contribution is 2.32. The molecule has 0 bridgehead atoms. The van der Waals surface area contributed by atoms with E-state index in [1.165, 1.54) is 0 Å². The van der Waals surface area contributed by atoms with Crippen molar-refractivity contribution in [3.63, 3.8) is 0 Å². The number of carbonyl (C=O) groups excluding carboxylic acids is 1. The molecule has 1 heterocycles. The van der Waals surface area contributed by atoms with Crippen LogP contribution in [0.25, 0.3) is 0 Å². The summed E-state index contributed by atoms with van der Waals surface area (Å²) in [6, 6.07) is 7.98. The molecular weight excluding hydrogens is 318 g/mol. The van der Waals surface area contributed by atoms with Crippen LogP contribution in [0.2, 0.25) is 0 Å². The summed E-state index contributed by atoms with van der Waals surface area (Å²) in [4.78, 5) is 14.7. The van der Waals surface area contributed by atoms with Crippen molar-refractivity contribution >= 4 is 5.91 Å². The van der Waals surface area contributed by atoms with Crippen LogP contribution < -0.4 is 4.74 Å². The Balaban J connectivity index is 1.57.